The predicted octanol–water partition coefficient (Wildman–Crippen LogP) is 6.72. The molecule has 0 fully saturated rings. The van der Waals surface area contributed by atoms with Crippen LogP contribution in [0.2, 0.25) is 10.0 Å². The molecule has 3 aromatic rings. The number of benzene rings is 3. The lowest BCUT2D eigenvalue weighted by molar-refractivity contribution is -0.118. The number of carbonyl (C=O) groups excluding carboxylic acids is 1. The topological polar surface area (TPSA) is 50.7 Å². The standard InChI is InChI=1S/C23H19BrCl2N2O2S/c24-19-3-1-2-17(10-19)14-31-15-23(29)28-27-12-16-4-8-21(9-5-16)30-13-18-6-7-20(25)11-22(18)26/h1-12H,13-15H2,(H,28,29)/b27-12-. The van der Waals surface area contributed by atoms with Crippen LogP contribution in [0.15, 0.2) is 76.3 Å². The van der Waals surface area contributed by atoms with Gasteiger partial charge in [0.1, 0.15) is 12.4 Å². The maximum absolute atomic E-state index is 11.9. The molecule has 0 radical (unpaired) electrons. The van der Waals surface area contributed by atoms with Gasteiger partial charge in [0.2, 0.25) is 5.91 Å². The van der Waals surface area contributed by atoms with Crippen molar-refractivity contribution in [3.8, 4) is 5.75 Å². The Hall–Kier alpha value is -1.99. The number of hydrazone groups is 1. The van der Waals surface area contributed by atoms with Crippen molar-refractivity contribution < 1.29 is 9.53 Å². The largest absolute Gasteiger partial charge is 0.489 e. The summed E-state index contributed by atoms with van der Waals surface area (Å²) in [4.78, 5) is 11.9. The summed E-state index contributed by atoms with van der Waals surface area (Å²) in [6.45, 7) is 0.344. The van der Waals surface area contributed by atoms with Gasteiger partial charge in [-0.15, -0.1) is 11.8 Å². The second-order valence-electron chi connectivity index (χ2n) is 6.51. The van der Waals surface area contributed by atoms with E-state index in [1.807, 2.05) is 54.6 Å². The van der Waals surface area contributed by atoms with Crippen molar-refractivity contribution in [2.75, 3.05) is 5.75 Å². The first-order chi connectivity index (χ1) is 15.0. The molecule has 160 valence electrons. The second kappa shape index (κ2) is 12.2. The van der Waals surface area contributed by atoms with E-state index < -0.39 is 0 Å². The van der Waals surface area contributed by atoms with Crippen LogP contribution in [0.25, 0.3) is 0 Å². The number of nitrogens with zero attached hydrogens (tertiary/aromatic N) is 1. The molecule has 0 atom stereocenters. The van der Waals surface area contributed by atoms with Crippen LogP contribution in [0.3, 0.4) is 0 Å². The molecular weight excluding hydrogens is 519 g/mol. The third-order valence-electron chi connectivity index (χ3n) is 4.08. The Morgan fingerprint density at radius 1 is 1.10 bits per heavy atom. The number of hydrogen-bond acceptors (Lipinski definition) is 4. The molecule has 0 bridgehead atoms. The van der Waals surface area contributed by atoms with Gasteiger partial charge in [0.15, 0.2) is 0 Å². The number of rotatable bonds is 9. The van der Waals surface area contributed by atoms with Crippen molar-refractivity contribution in [1.82, 2.24) is 5.43 Å². The van der Waals surface area contributed by atoms with E-state index >= 15 is 0 Å². The summed E-state index contributed by atoms with van der Waals surface area (Å²) >= 11 is 17.0. The average molecular weight is 538 g/mol. The van der Waals surface area contributed by atoms with E-state index in [2.05, 4.69) is 26.5 Å². The van der Waals surface area contributed by atoms with Crippen LogP contribution >= 0.6 is 50.9 Å². The van der Waals surface area contributed by atoms with Crippen LogP contribution in [-0.4, -0.2) is 17.9 Å². The maximum atomic E-state index is 11.9. The zero-order chi connectivity index (χ0) is 22.1. The van der Waals surface area contributed by atoms with Gasteiger partial charge in [0.05, 0.1) is 12.0 Å². The van der Waals surface area contributed by atoms with Gasteiger partial charge in [-0.1, -0.05) is 57.3 Å². The van der Waals surface area contributed by atoms with Gasteiger partial charge in [-0.05, 0) is 59.7 Å². The van der Waals surface area contributed by atoms with E-state index in [0.717, 1.165) is 26.9 Å². The van der Waals surface area contributed by atoms with Crippen LogP contribution in [0.1, 0.15) is 16.7 Å². The van der Waals surface area contributed by atoms with Gasteiger partial charge in [0, 0.05) is 25.8 Å². The number of nitrogens with one attached hydrogen (secondary N) is 1. The number of hydrogen-bond donors (Lipinski definition) is 1. The summed E-state index contributed by atoms with van der Waals surface area (Å²) in [5, 5.41) is 5.17. The first-order valence-corrected chi connectivity index (χ1v) is 12.0. The Morgan fingerprint density at radius 3 is 2.65 bits per heavy atom. The van der Waals surface area contributed by atoms with Crippen LogP contribution < -0.4 is 10.2 Å². The van der Waals surface area contributed by atoms with E-state index in [-0.39, 0.29) is 5.91 Å². The molecule has 0 aliphatic carbocycles. The number of thioether (sulfide) groups is 1. The van der Waals surface area contributed by atoms with Gasteiger partial charge < -0.3 is 4.74 Å². The van der Waals surface area contributed by atoms with Crippen molar-refractivity contribution in [1.29, 1.82) is 0 Å². The van der Waals surface area contributed by atoms with E-state index in [9.17, 15) is 4.79 Å². The van der Waals surface area contributed by atoms with Crippen LogP contribution in [-0.2, 0) is 17.2 Å². The highest BCUT2D eigenvalue weighted by atomic mass is 79.9. The molecule has 3 rings (SSSR count). The molecule has 4 nitrogen and oxygen atoms in total. The van der Waals surface area contributed by atoms with Crippen molar-refractivity contribution in [3.63, 3.8) is 0 Å². The third kappa shape index (κ3) is 8.22. The number of carbonyl (C=O) groups is 1. The Labute approximate surface area is 204 Å². The number of halogens is 3. The molecule has 0 heterocycles. The fourth-order valence-corrected chi connectivity index (χ4v) is 4.23. The molecule has 0 aliphatic heterocycles. The van der Waals surface area contributed by atoms with E-state index in [4.69, 9.17) is 27.9 Å². The molecule has 0 saturated carbocycles. The van der Waals surface area contributed by atoms with E-state index in [0.29, 0.717) is 28.2 Å². The minimum absolute atomic E-state index is 0.143. The Bertz CT molecular complexity index is 1060. The SMILES string of the molecule is O=C(CSCc1cccc(Br)c1)N/N=C\c1ccc(OCc2ccc(Cl)cc2Cl)cc1. The molecule has 1 N–H and O–H groups in total. The Morgan fingerprint density at radius 2 is 1.90 bits per heavy atom. The zero-order valence-electron chi connectivity index (χ0n) is 16.4. The normalized spacial score (nSPS) is 10.9. The first-order valence-electron chi connectivity index (χ1n) is 9.30. The highest BCUT2D eigenvalue weighted by Crippen LogP contribution is 2.23. The predicted molar refractivity (Wildman–Crippen MR) is 133 cm³/mol. The molecule has 0 saturated heterocycles. The third-order valence-corrected chi connectivity index (χ3v) is 6.17. The molecule has 0 aliphatic rings. The molecule has 3 aromatic carbocycles. The smallest absolute Gasteiger partial charge is 0.250 e. The fourth-order valence-electron chi connectivity index (χ4n) is 2.55. The summed E-state index contributed by atoms with van der Waals surface area (Å²) in [6, 6.07) is 20.7. The molecule has 1 amide bonds. The lowest BCUT2D eigenvalue weighted by Gasteiger charge is -2.08. The molecular formula is C23H19BrCl2N2O2S. The summed E-state index contributed by atoms with van der Waals surface area (Å²) in [5.74, 6) is 1.66. The summed E-state index contributed by atoms with van der Waals surface area (Å²) < 4.78 is 6.78. The Balaban J connectivity index is 1.40. The summed E-state index contributed by atoms with van der Waals surface area (Å²) in [6.07, 6.45) is 1.59. The lowest BCUT2D eigenvalue weighted by Crippen LogP contribution is -2.19. The van der Waals surface area contributed by atoms with Crippen LogP contribution in [0.5, 0.6) is 5.75 Å². The Kier molecular flexibility index (Phi) is 9.28. The van der Waals surface area contributed by atoms with Crippen molar-refractivity contribution in [2.24, 2.45) is 5.10 Å². The average Bonchev–Trinajstić information content (AvgIpc) is 2.74. The highest BCUT2D eigenvalue weighted by Gasteiger charge is 2.03. The minimum atomic E-state index is -0.143. The second-order valence-corrected chi connectivity index (χ2v) is 9.25. The molecule has 8 heteroatoms. The molecule has 31 heavy (non-hydrogen) atoms. The maximum Gasteiger partial charge on any atom is 0.250 e. The minimum Gasteiger partial charge on any atom is -0.489 e. The van der Waals surface area contributed by atoms with Gasteiger partial charge in [-0.2, -0.15) is 5.10 Å². The van der Waals surface area contributed by atoms with Gasteiger partial charge >= 0.3 is 0 Å². The zero-order valence-corrected chi connectivity index (χ0v) is 20.3. The van der Waals surface area contributed by atoms with Crippen LogP contribution in [0.4, 0.5) is 0 Å². The summed E-state index contributed by atoms with van der Waals surface area (Å²) in [7, 11) is 0. The van der Waals surface area contributed by atoms with Crippen molar-refractivity contribution in [3.05, 3.63) is 97.9 Å². The lowest BCUT2D eigenvalue weighted by atomic mass is 10.2. The van der Waals surface area contributed by atoms with Crippen molar-refractivity contribution >= 4 is 63.0 Å². The van der Waals surface area contributed by atoms with Crippen molar-refractivity contribution in [2.45, 2.75) is 12.4 Å². The first kappa shape index (κ1) is 23.7. The van der Waals surface area contributed by atoms with Gasteiger partial charge in [-0.3, -0.25) is 4.79 Å². The number of amides is 1. The molecule has 0 unspecified atom stereocenters. The summed E-state index contributed by atoms with van der Waals surface area (Å²) in [5.41, 5.74) is 5.41. The number of ether oxygens (including phenoxy) is 1. The van der Waals surface area contributed by atoms with E-state index in [1.54, 1.807) is 18.3 Å². The quantitative estimate of drug-likeness (QED) is 0.243. The van der Waals surface area contributed by atoms with Crippen LogP contribution in [0, 0.1) is 0 Å². The van der Waals surface area contributed by atoms with Gasteiger partial charge in [-0.25, -0.2) is 5.43 Å². The van der Waals surface area contributed by atoms with Gasteiger partial charge in [0.25, 0.3) is 0 Å². The fraction of sp³-hybridized carbons (Fsp3) is 0.130. The monoisotopic (exact) mass is 536 g/mol. The van der Waals surface area contributed by atoms with E-state index in [1.165, 1.54) is 11.8 Å². The molecule has 0 spiro atoms. The highest BCUT2D eigenvalue weighted by molar-refractivity contribution is 9.10. The molecule has 0 aromatic heterocycles.